The van der Waals surface area contributed by atoms with Crippen molar-refractivity contribution in [2.45, 2.75) is 52.5 Å². The smallest absolute Gasteiger partial charge is 0.252 e. The number of hydrogen-bond donors (Lipinski definition) is 2. The first kappa shape index (κ1) is 17.3. The molecule has 3 nitrogen and oxygen atoms in total. The molecule has 1 rings (SSSR count). The largest absolute Gasteiger partial charge is 0.384 e. The molecule has 1 aromatic carbocycles. The van der Waals surface area contributed by atoms with E-state index in [0.717, 1.165) is 24.8 Å². The lowest BCUT2D eigenvalue weighted by Gasteiger charge is -2.32. The maximum atomic E-state index is 12.6. The quantitative estimate of drug-likeness (QED) is 0.818. The molecular formula is C18H25NO2. The minimum Gasteiger partial charge on any atom is -0.384 e. The summed E-state index contributed by atoms with van der Waals surface area (Å²) >= 11 is 0. The number of aliphatic hydroxyl groups is 1. The molecule has 0 atom stereocenters. The highest BCUT2D eigenvalue weighted by molar-refractivity contribution is 5.97. The van der Waals surface area contributed by atoms with Crippen LogP contribution in [-0.4, -0.2) is 23.2 Å². The zero-order chi connectivity index (χ0) is 15.9. The first-order valence-electron chi connectivity index (χ1n) is 7.54. The van der Waals surface area contributed by atoms with Crippen molar-refractivity contribution in [3.8, 4) is 11.8 Å². The Bertz CT molecular complexity index is 540. The van der Waals surface area contributed by atoms with E-state index in [-0.39, 0.29) is 18.1 Å². The highest BCUT2D eigenvalue weighted by Gasteiger charge is 2.26. The van der Waals surface area contributed by atoms with Crippen LogP contribution in [0.25, 0.3) is 0 Å². The molecule has 0 saturated heterocycles. The second kappa shape index (κ2) is 7.85. The fourth-order valence-electron chi connectivity index (χ4n) is 2.42. The summed E-state index contributed by atoms with van der Waals surface area (Å²) in [7, 11) is 0. The second-order valence-electron chi connectivity index (χ2n) is 5.30. The van der Waals surface area contributed by atoms with Gasteiger partial charge in [-0.1, -0.05) is 38.7 Å². The SMILES string of the molecule is CCC(CC)(CC)NC(=O)c1ccc(C)cc1C#CCO. The molecule has 21 heavy (non-hydrogen) atoms. The topological polar surface area (TPSA) is 49.3 Å². The summed E-state index contributed by atoms with van der Waals surface area (Å²) in [6.45, 7) is 8.02. The summed E-state index contributed by atoms with van der Waals surface area (Å²) in [6.07, 6.45) is 2.69. The third kappa shape index (κ3) is 4.34. The third-order valence-corrected chi connectivity index (χ3v) is 4.13. The normalized spacial score (nSPS) is 10.7. The molecule has 0 aliphatic carbocycles. The summed E-state index contributed by atoms with van der Waals surface area (Å²) in [5.41, 5.74) is 2.12. The third-order valence-electron chi connectivity index (χ3n) is 4.13. The van der Waals surface area contributed by atoms with Gasteiger partial charge >= 0.3 is 0 Å². The Balaban J connectivity index is 3.12. The van der Waals surface area contributed by atoms with E-state index in [2.05, 4.69) is 37.9 Å². The van der Waals surface area contributed by atoms with Gasteiger partial charge in [0.25, 0.3) is 5.91 Å². The van der Waals surface area contributed by atoms with Gasteiger partial charge in [-0.05, 0) is 43.9 Å². The van der Waals surface area contributed by atoms with Crippen LogP contribution in [0.4, 0.5) is 0 Å². The molecule has 0 aliphatic heterocycles. The number of benzene rings is 1. The van der Waals surface area contributed by atoms with Crippen molar-refractivity contribution >= 4 is 5.91 Å². The molecule has 0 aliphatic rings. The van der Waals surface area contributed by atoms with Crippen molar-refractivity contribution in [1.82, 2.24) is 5.32 Å². The summed E-state index contributed by atoms with van der Waals surface area (Å²) < 4.78 is 0. The average molecular weight is 287 g/mol. The van der Waals surface area contributed by atoms with Gasteiger partial charge in [0, 0.05) is 11.1 Å². The van der Waals surface area contributed by atoms with Crippen LogP contribution in [-0.2, 0) is 0 Å². The minimum absolute atomic E-state index is 0.0946. The molecule has 0 unspecified atom stereocenters. The highest BCUT2D eigenvalue weighted by Crippen LogP contribution is 2.21. The van der Waals surface area contributed by atoms with Crippen molar-refractivity contribution in [2.24, 2.45) is 0 Å². The van der Waals surface area contributed by atoms with Crippen LogP contribution in [0.3, 0.4) is 0 Å². The summed E-state index contributed by atoms with van der Waals surface area (Å²) in [5.74, 6) is 5.39. The minimum atomic E-state index is -0.210. The van der Waals surface area contributed by atoms with Crippen LogP contribution in [0.15, 0.2) is 18.2 Å². The molecular weight excluding hydrogens is 262 g/mol. The van der Waals surface area contributed by atoms with Gasteiger partial charge in [-0.2, -0.15) is 0 Å². The Labute approximate surface area is 127 Å². The van der Waals surface area contributed by atoms with E-state index in [0.29, 0.717) is 11.1 Å². The summed E-state index contributed by atoms with van der Waals surface area (Å²) in [6, 6.07) is 5.59. The number of rotatable bonds is 5. The molecule has 114 valence electrons. The number of hydrogen-bond acceptors (Lipinski definition) is 2. The van der Waals surface area contributed by atoms with Crippen LogP contribution in [0.1, 0.15) is 61.5 Å². The molecule has 0 saturated carbocycles. The number of aliphatic hydroxyl groups excluding tert-OH is 1. The molecule has 1 amide bonds. The molecule has 2 N–H and O–H groups in total. The van der Waals surface area contributed by atoms with Gasteiger partial charge in [-0.15, -0.1) is 0 Å². The van der Waals surface area contributed by atoms with Gasteiger partial charge in [-0.25, -0.2) is 0 Å². The Morgan fingerprint density at radius 2 is 1.86 bits per heavy atom. The molecule has 0 aromatic heterocycles. The zero-order valence-electron chi connectivity index (χ0n) is 13.4. The van der Waals surface area contributed by atoms with Crippen molar-refractivity contribution in [3.05, 3.63) is 34.9 Å². The molecule has 0 heterocycles. The lowest BCUT2D eigenvalue weighted by molar-refractivity contribution is 0.0888. The molecule has 0 fully saturated rings. The maximum absolute atomic E-state index is 12.6. The number of nitrogens with one attached hydrogen (secondary N) is 1. The van der Waals surface area contributed by atoms with Crippen LogP contribution in [0.2, 0.25) is 0 Å². The van der Waals surface area contributed by atoms with Crippen LogP contribution in [0, 0.1) is 18.8 Å². The molecule has 0 bridgehead atoms. The average Bonchev–Trinajstić information content (AvgIpc) is 2.50. The van der Waals surface area contributed by atoms with Gasteiger partial charge in [0.2, 0.25) is 0 Å². The van der Waals surface area contributed by atoms with Crippen LogP contribution >= 0.6 is 0 Å². The lowest BCUT2D eigenvalue weighted by Crippen LogP contribution is -2.47. The molecule has 1 aromatic rings. The van der Waals surface area contributed by atoms with Gasteiger partial charge < -0.3 is 10.4 Å². The van der Waals surface area contributed by atoms with E-state index in [1.54, 1.807) is 6.07 Å². The fourth-order valence-corrected chi connectivity index (χ4v) is 2.42. The van der Waals surface area contributed by atoms with Gasteiger partial charge in [0.15, 0.2) is 0 Å². The Morgan fingerprint density at radius 1 is 1.24 bits per heavy atom. The molecule has 0 spiro atoms. The number of aryl methyl sites for hydroxylation is 1. The highest BCUT2D eigenvalue weighted by atomic mass is 16.2. The predicted octanol–water partition coefficient (Wildman–Crippen LogP) is 3.04. The first-order valence-corrected chi connectivity index (χ1v) is 7.54. The number of carbonyl (C=O) groups is 1. The zero-order valence-corrected chi connectivity index (χ0v) is 13.4. The van der Waals surface area contributed by atoms with E-state index in [4.69, 9.17) is 5.11 Å². The van der Waals surface area contributed by atoms with Crippen molar-refractivity contribution in [2.75, 3.05) is 6.61 Å². The van der Waals surface area contributed by atoms with E-state index in [9.17, 15) is 4.79 Å². The maximum Gasteiger partial charge on any atom is 0.252 e. The lowest BCUT2D eigenvalue weighted by atomic mass is 9.89. The van der Waals surface area contributed by atoms with Gasteiger partial charge in [0.1, 0.15) is 6.61 Å². The van der Waals surface area contributed by atoms with Gasteiger partial charge in [-0.3, -0.25) is 4.79 Å². The molecule has 3 heteroatoms. The van der Waals surface area contributed by atoms with E-state index in [1.165, 1.54) is 0 Å². The Morgan fingerprint density at radius 3 is 2.38 bits per heavy atom. The van der Waals surface area contributed by atoms with E-state index >= 15 is 0 Å². The standard InChI is InChI=1S/C18H25NO2/c1-5-18(6-2,7-3)19-17(21)16-11-10-14(4)13-15(16)9-8-12-20/h10-11,13,20H,5-7,12H2,1-4H3,(H,19,21). The molecule has 0 radical (unpaired) electrons. The Kier molecular flexibility index (Phi) is 6.45. The predicted molar refractivity (Wildman–Crippen MR) is 86.2 cm³/mol. The fraction of sp³-hybridized carbons (Fsp3) is 0.500. The van der Waals surface area contributed by atoms with Crippen molar-refractivity contribution in [3.63, 3.8) is 0 Å². The Hall–Kier alpha value is -1.79. The number of amides is 1. The summed E-state index contributed by atoms with van der Waals surface area (Å²) in [4.78, 5) is 12.6. The monoisotopic (exact) mass is 287 g/mol. The van der Waals surface area contributed by atoms with E-state index < -0.39 is 0 Å². The van der Waals surface area contributed by atoms with Crippen molar-refractivity contribution < 1.29 is 9.90 Å². The second-order valence-corrected chi connectivity index (χ2v) is 5.30. The van der Waals surface area contributed by atoms with Crippen molar-refractivity contribution in [1.29, 1.82) is 0 Å². The first-order chi connectivity index (χ1) is 10.0. The van der Waals surface area contributed by atoms with Gasteiger partial charge in [0.05, 0.1) is 5.56 Å². The number of carbonyl (C=O) groups excluding carboxylic acids is 1. The van der Waals surface area contributed by atoms with Crippen LogP contribution in [0.5, 0.6) is 0 Å². The van der Waals surface area contributed by atoms with Crippen LogP contribution < -0.4 is 5.32 Å². The summed E-state index contributed by atoms with van der Waals surface area (Å²) in [5, 5.41) is 12.0. The van der Waals surface area contributed by atoms with E-state index in [1.807, 2.05) is 19.1 Å².